The first-order valence-corrected chi connectivity index (χ1v) is 8.42. The fourth-order valence-corrected chi connectivity index (χ4v) is 3.16. The Balaban J connectivity index is 2.43. The number of carbonyl (C=O) groups excluding carboxylic acids is 1. The van der Waals surface area contributed by atoms with E-state index in [4.69, 9.17) is 4.74 Å². The van der Waals surface area contributed by atoms with Gasteiger partial charge in [-0.25, -0.2) is 0 Å². The number of ether oxygens (including phenoxy) is 1. The van der Waals surface area contributed by atoms with E-state index in [0.29, 0.717) is 12.5 Å². The number of esters is 1. The van der Waals surface area contributed by atoms with Gasteiger partial charge in [0.1, 0.15) is 0 Å². The first-order chi connectivity index (χ1) is 9.25. The molecule has 0 amide bonds. The largest absolute Gasteiger partial charge is 0.466 e. The molecule has 19 heavy (non-hydrogen) atoms. The van der Waals surface area contributed by atoms with E-state index >= 15 is 0 Å². The van der Waals surface area contributed by atoms with Crippen LogP contribution in [-0.4, -0.2) is 12.6 Å². The zero-order valence-corrected chi connectivity index (χ0v) is 13.0. The summed E-state index contributed by atoms with van der Waals surface area (Å²) in [5, 5.41) is 0. The summed E-state index contributed by atoms with van der Waals surface area (Å²) in [5.74, 6) is 0.640. The molecule has 0 bridgehead atoms. The van der Waals surface area contributed by atoms with Crippen LogP contribution in [0.2, 0.25) is 0 Å². The standard InChI is InChI=1S/C17H32O2/c1-3-19-17(18)15(2)16-13-11-9-7-5-4-6-8-10-12-14-16/h15-16H,3-14H2,1-2H3. The number of rotatable bonds is 3. The molecule has 2 heteroatoms. The van der Waals surface area contributed by atoms with Crippen LogP contribution in [0.5, 0.6) is 0 Å². The van der Waals surface area contributed by atoms with E-state index in [9.17, 15) is 4.79 Å². The zero-order chi connectivity index (χ0) is 13.9. The Labute approximate surface area is 119 Å². The fraction of sp³-hybridized carbons (Fsp3) is 0.941. The molecule has 1 fully saturated rings. The van der Waals surface area contributed by atoms with Gasteiger partial charge in [-0.3, -0.25) is 4.79 Å². The van der Waals surface area contributed by atoms with Crippen LogP contribution in [0.3, 0.4) is 0 Å². The van der Waals surface area contributed by atoms with Gasteiger partial charge in [0, 0.05) is 0 Å². The number of carbonyl (C=O) groups is 1. The molecule has 0 aromatic carbocycles. The molecule has 1 aliphatic carbocycles. The van der Waals surface area contributed by atoms with Gasteiger partial charge in [0.25, 0.3) is 0 Å². The monoisotopic (exact) mass is 268 g/mol. The van der Waals surface area contributed by atoms with Crippen LogP contribution in [0, 0.1) is 11.8 Å². The van der Waals surface area contributed by atoms with Crippen molar-refractivity contribution in [3.8, 4) is 0 Å². The zero-order valence-electron chi connectivity index (χ0n) is 13.0. The molecule has 112 valence electrons. The Morgan fingerprint density at radius 3 is 1.79 bits per heavy atom. The highest BCUT2D eigenvalue weighted by molar-refractivity contribution is 5.72. The summed E-state index contributed by atoms with van der Waals surface area (Å²) >= 11 is 0. The Morgan fingerprint density at radius 2 is 1.37 bits per heavy atom. The second-order valence-electron chi connectivity index (χ2n) is 6.06. The predicted molar refractivity (Wildman–Crippen MR) is 80.1 cm³/mol. The van der Waals surface area contributed by atoms with Crippen molar-refractivity contribution in [2.45, 2.75) is 84.5 Å². The molecule has 1 aliphatic rings. The molecule has 0 spiro atoms. The van der Waals surface area contributed by atoms with Gasteiger partial charge in [0.2, 0.25) is 0 Å². The van der Waals surface area contributed by atoms with Gasteiger partial charge in [-0.15, -0.1) is 0 Å². The molecule has 1 atom stereocenters. The van der Waals surface area contributed by atoms with Gasteiger partial charge in [0.05, 0.1) is 12.5 Å². The Bertz CT molecular complexity index is 225. The van der Waals surface area contributed by atoms with E-state index in [-0.39, 0.29) is 11.9 Å². The third-order valence-electron chi connectivity index (χ3n) is 4.52. The van der Waals surface area contributed by atoms with E-state index in [1.807, 2.05) is 6.92 Å². The summed E-state index contributed by atoms with van der Waals surface area (Å²) < 4.78 is 5.19. The van der Waals surface area contributed by atoms with Crippen LogP contribution >= 0.6 is 0 Å². The molecule has 0 heterocycles. The lowest BCUT2D eigenvalue weighted by Crippen LogP contribution is -2.23. The average Bonchev–Trinajstić information content (AvgIpc) is 2.39. The second kappa shape index (κ2) is 10.3. The number of hydrogen-bond acceptors (Lipinski definition) is 2. The lowest BCUT2D eigenvalue weighted by Gasteiger charge is -2.23. The average molecular weight is 268 g/mol. The highest BCUT2D eigenvalue weighted by Gasteiger charge is 2.24. The molecule has 0 aliphatic heterocycles. The number of hydrogen-bond donors (Lipinski definition) is 0. The van der Waals surface area contributed by atoms with Crippen molar-refractivity contribution in [1.82, 2.24) is 0 Å². The predicted octanol–water partition coefficient (Wildman–Crippen LogP) is 5.11. The lowest BCUT2D eigenvalue weighted by atomic mass is 9.84. The van der Waals surface area contributed by atoms with E-state index in [0.717, 1.165) is 0 Å². The summed E-state index contributed by atoms with van der Waals surface area (Å²) in [6.07, 6.45) is 14.6. The third kappa shape index (κ3) is 6.98. The van der Waals surface area contributed by atoms with E-state index in [1.54, 1.807) is 0 Å². The minimum absolute atomic E-state index is 0.0135. The fourth-order valence-electron chi connectivity index (χ4n) is 3.16. The maximum atomic E-state index is 11.9. The topological polar surface area (TPSA) is 26.3 Å². The van der Waals surface area contributed by atoms with Crippen LogP contribution < -0.4 is 0 Å². The summed E-state index contributed by atoms with van der Waals surface area (Å²) in [5.41, 5.74) is 0. The third-order valence-corrected chi connectivity index (χ3v) is 4.52. The smallest absolute Gasteiger partial charge is 0.308 e. The Kier molecular flexibility index (Phi) is 8.94. The van der Waals surface area contributed by atoms with Gasteiger partial charge in [0.15, 0.2) is 0 Å². The minimum atomic E-state index is 0.0135. The van der Waals surface area contributed by atoms with Gasteiger partial charge in [-0.05, 0) is 25.7 Å². The first-order valence-electron chi connectivity index (χ1n) is 8.42. The molecule has 0 radical (unpaired) electrons. The molecular weight excluding hydrogens is 236 g/mol. The molecule has 0 N–H and O–H groups in total. The van der Waals surface area contributed by atoms with Crippen LogP contribution in [0.15, 0.2) is 0 Å². The normalized spacial score (nSPS) is 22.0. The van der Waals surface area contributed by atoms with Crippen LogP contribution in [-0.2, 0) is 9.53 Å². The Morgan fingerprint density at radius 1 is 0.947 bits per heavy atom. The van der Waals surface area contributed by atoms with Crippen molar-refractivity contribution in [3.05, 3.63) is 0 Å². The quantitative estimate of drug-likeness (QED) is 0.665. The van der Waals surface area contributed by atoms with E-state index < -0.39 is 0 Å². The molecule has 1 saturated carbocycles. The lowest BCUT2D eigenvalue weighted by molar-refractivity contribution is -0.149. The first kappa shape index (κ1) is 16.5. The summed E-state index contributed by atoms with van der Waals surface area (Å²) in [7, 11) is 0. The van der Waals surface area contributed by atoms with Crippen molar-refractivity contribution in [2.24, 2.45) is 11.8 Å². The molecule has 0 aromatic heterocycles. The molecular formula is C17H32O2. The van der Waals surface area contributed by atoms with E-state index in [2.05, 4.69) is 6.92 Å². The molecule has 1 unspecified atom stereocenters. The molecule has 0 aromatic rings. The maximum absolute atomic E-state index is 11.9. The summed E-state index contributed by atoms with van der Waals surface area (Å²) in [6, 6.07) is 0. The van der Waals surface area contributed by atoms with E-state index in [1.165, 1.54) is 70.6 Å². The van der Waals surface area contributed by atoms with Crippen molar-refractivity contribution < 1.29 is 9.53 Å². The molecule has 2 nitrogen and oxygen atoms in total. The summed E-state index contributed by atoms with van der Waals surface area (Å²) in [6.45, 7) is 4.47. The highest BCUT2D eigenvalue weighted by Crippen LogP contribution is 2.27. The van der Waals surface area contributed by atoms with Gasteiger partial charge in [-0.2, -0.15) is 0 Å². The maximum Gasteiger partial charge on any atom is 0.308 e. The van der Waals surface area contributed by atoms with Crippen molar-refractivity contribution in [3.63, 3.8) is 0 Å². The van der Waals surface area contributed by atoms with Crippen molar-refractivity contribution in [2.75, 3.05) is 6.61 Å². The van der Waals surface area contributed by atoms with Gasteiger partial charge in [-0.1, -0.05) is 64.7 Å². The van der Waals surface area contributed by atoms with Crippen molar-refractivity contribution in [1.29, 1.82) is 0 Å². The van der Waals surface area contributed by atoms with Gasteiger partial charge >= 0.3 is 5.97 Å². The van der Waals surface area contributed by atoms with Crippen LogP contribution in [0.4, 0.5) is 0 Å². The second-order valence-corrected chi connectivity index (χ2v) is 6.06. The van der Waals surface area contributed by atoms with Crippen molar-refractivity contribution >= 4 is 5.97 Å². The van der Waals surface area contributed by atoms with Gasteiger partial charge < -0.3 is 4.74 Å². The van der Waals surface area contributed by atoms with Crippen LogP contribution in [0.25, 0.3) is 0 Å². The molecule has 1 rings (SSSR count). The minimum Gasteiger partial charge on any atom is -0.466 e. The van der Waals surface area contributed by atoms with Crippen LogP contribution in [0.1, 0.15) is 84.5 Å². The summed E-state index contributed by atoms with van der Waals surface area (Å²) in [4.78, 5) is 11.9. The SMILES string of the molecule is CCOC(=O)C(C)C1CCCCCCCCCCC1. The Hall–Kier alpha value is -0.530. The molecule has 0 saturated heterocycles. The highest BCUT2D eigenvalue weighted by atomic mass is 16.5.